The number of sulfonamides is 1. The largest absolute Gasteiger partial charge is 0.394 e. The third-order valence-corrected chi connectivity index (χ3v) is 7.65. The Balaban J connectivity index is 1.95. The second-order valence-electron chi connectivity index (χ2n) is 7.61. The third kappa shape index (κ3) is 4.35. The molecule has 1 atom stereocenters. The first kappa shape index (κ1) is 22.3. The molecule has 3 rings (SSSR count). The van der Waals surface area contributed by atoms with Gasteiger partial charge in [-0.3, -0.25) is 14.1 Å². The summed E-state index contributed by atoms with van der Waals surface area (Å²) in [7, 11) is -2.49. The van der Waals surface area contributed by atoms with Crippen molar-refractivity contribution in [1.82, 2.24) is 4.57 Å². The quantitative estimate of drug-likeness (QED) is 0.473. The summed E-state index contributed by atoms with van der Waals surface area (Å²) < 4.78 is 42.9. The van der Waals surface area contributed by atoms with Crippen molar-refractivity contribution in [3.8, 4) is 0 Å². The van der Waals surface area contributed by atoms with E-state index in [0.717, 1.165) is 5.56 Å². The zero-order chi connectivity index (χ0) is 22.1. The minimum Gasteiger partial charge on any atom is -0.394 e. The SMILES string of the molecule is CCc1ccc(Nc2c(NS(=O)(=O)C3(CC(O)CO)CC3)ccc(=O)n2C)c(F)c1. The Hall–Kier alpha value is -2.43. The van der Waals surface area contributed by atoms with Gasteiger partial charge < -0.3 is 15.5 Å². The van der Waals surface area contributed by atoms with Crippen molar-refractivity contribution in [3.05, 3.63) is 52.1 Å². The third-order valence-electron chi connectivity index (χ3n) is 5.45. The first-order valence-electron chi connectivity index (χ1n) is 9.69. The van der Waals surface area contributed by atoms with E-state index >= 15 is 0 Å². The molecule has 4 N–H and O–H groups in total. The summed E-state index contributed by atoms with van der Waals surface area (Å²) in [5.74, 6) is -0.433. The number of aryl methyl sites for hydroxylation is 1. The number of aliphatic hydroxyl groups excluding tert-OH is 2. The van der Waals surface area contributed by atoms with Crippen LogP contribution in [0.3, 0.4) is 0 Å². The van der Waals surface area contributed by atoms with Crippen molar-refractivity contribution >= 4 is 27.2 Å². The van der Waals surface area contributed by atoms with Gasteiger partial charge in [0, 0.05) is 13.1 Å². The van der Waals surface area contributed by atoms with Crippen molar-refractivity contribution in [2.45, 2.75) is 43.5 Å². The molecular weight excluding hydrogens is 413 g/mol. The second kappa shape index (κ2) is 8.37. The van der Waals surface area contributed by atoms with Gasteiger partial charge in [0.05, 0.1) is 28.8 Å². The van der Waals surface area contributed by atoms with Crippen LogP contribution in [0.5, 0.6) is 0 Å². The first-order valence-corrected chi connectivity index (χ1v) is 11.2. The van der Waals surface area contributed by atoms with E-state index < -0.39 is 38.9 Å². The van der Waals surface area contributed by atoms with Crippen LogP contribution in [-0.4, -0.2) is 40.7 Å². The van der Waals surface area contributed by atoms with Crippen molar-refractivity contribution in [2.24, 2.45) is 7.05 Å². The summed E-state index contributed by atoms with van der Waals surface area (Å²) in [6.07, 6.45) is 0.115. The van der Waals surface area contributed by atoms with Crippen LogP contribution in [0.4, 0.5) is 21.6 Å². The Morgan fingerprint density at radius 2 is 1.90 bits per heavy atom. The van der Waals surface area contributed by atoms with E-state index in [9.17, 15) is 22.7 Å². The number of aliphatic hydroxyl groups is 2. The highest BCUT2D eigenvalue weighted by Crippen LogP contribution is 2.48. The number of nitrogens with one attached hydrogen (secondary N) is 2. The number of anilines is 3. The highest BCUT2D eigenvalue weighted by atomic mass is 32.2. The summed E-state index contributed by atoms with van der Waals surface area (Å²) in [5, 5.41) is 21.6. The molecule has 164 valence electrons. The fraction of sp³-hybridized carbons (Fsp3) is 0.450. The maximum atomic E-state index is 14.5. The lowest BCUT2D eigenvalue weighted by molar-refractivity contribution is 0.0858. The number of rotatable bonds is 9. The molecule has 8 nitrogen and oxygen atoms in total. The van der Waals surface area contributed by atoms with Gasteiger partial charge in [-0.1, -0.05) is 13.0 Å². The van der Waals surface area contributed by atoms with E-state index in [1.54, 1.807) is 6.07 Å². The lowest BCUT2D eigenvalue weighted by Gasteiger charge is -2.22. The molecule has 10 heteroatoms. The molecular formula is C20H26FN3O5S. The average molecular weight is 440 g/mol. The maximum absolute atomic E-state index is 14.5. The number of halogens is 1. The van der Waals surface area contributed by atoms with E-state index in [1.807, 2.05) is 6.92 Å². The molecule has 0 aliphatic heterocycles. The zero-order valence-electron chi connectivity index (χ0n) is 16.9. The minimum atomic E-state index is -3.94. The van der Waals surface area contributed by atoms with Crippen molar-refractivity contribution in [3.63, 3.8) is 0 Å². The molecule has 1 saturated carbocycles. The fourth-order valence-corrected chi connectivity index (χ4v) is 5.07. The normalized spacial score (nSPS) is 16.2. The standard InChI is InChI=1S/C20H26FN3O5S/c1-3-13-4-5-16(15(21)10-13)22-19-17(6-7-18(27)24(19)2)23-30(28,29)20(8-9-20)11-14(26)12-25/h4-7,10,14,22-23,25-26H,3,8-9,11-12H2,1-2H3. The van der Waals surface area contributed by atoms with Crippen LogP contribution in [0.2, 0.25) is 0 Å². The summed E-state index contributed by atoms with van der Waals surface area (Å²) in [6.45, 7) is 1.37. The molecule has 1 aromatic heterocycles. The Morgan fingerprint density at radius 1 is 1.23 bits per heavy atom. The summed E-state index contributed by atoms with van der Waals surface area (Å²) in [4.78, 5) is 12.1. The fourth-order valence-electron chi connectivity index (χ4n) is 3.35. The van der Waals surface area contributed by atoms with E-state index in [2.05, 4.69) is 10.0 Å². The number of nitrogens with zero attached hydrogens (tertiary/aromatic N) is 1. The van der Waals surface area contributed by atoms with Gasteiger partial charge in [0.25, 0.3) is 5.56 Å². The zero-order valence-corrected chi connectivity index (χ0v) is 17.7. The van der Waals surface area contributed by atoms with Crippen LogP contribution >= 0.6 is 0 Å². The topological polar surface area (TPSA) is 121 Å². The minimum absolute atomic E-state index is 0.0841. The molecule has 0 amide bonds. The summed E-state index contributed by atoms with van der Waals surface area (Å²) >= 11 is 0. The molecule has 0 bridgehead atoms. The van der Waals surface area contributed by atoms with E-state index in [4.69, 9.17) is 5.11 Å². The molecule has 0 spiro atoms. The molecule has 2 aromatic rings. The lowest BCUT2D eigenvalue weighted by Crippen LogP contribution is -2.35. The van der Waals surface area contributed by atoms with Gasteiger partial charge in [0.15, 0.2) is 0 Å². The lowest BCUT2D eigenvalue weighted by atomic mass is 10.1. The molecule has 30 heavy (non-hydrogen) atoms. The highest BCUT2D eigenvalue weighted by Gasteiger charge is 2.55. The number of pyridine rings is 1. The van der Waals surface area contributed by atoms with E-state index in [-0.39, 0.29) is 23.6 Å². The summed E-state index contributed by atoms with van der Waals surface area (Å²) in [5.41, 5.74) is 0.591. The molecule has 1 heterocycles. The van der Waals surface area contributed by atoms with Gasteiger partial charge >= 0.3 is 0 Å². The molecule has 1 aromatic carbocycles. The van der Waals surface area contributed by atoms with Gasteiger partial charge in [0.1, 0.15) is 11.6 Å². The van der Waals surface area contributed by atoms with Gasteiger partial charge in [-0.05, 0) is 49.4 Å². The van der Waals surface area contributed by atoms with Crippen LogP contribution < -0.4 is 15.6 Å². The Morgan fingerprint density at radius 3 is 2.47 bits per heavy atom. The molecule has 0 saturated heterocycles. The Labute approximate surface area is 174 Å². The second-order valence-corrected chi connectivity index (χ2v) is 9.69. The van der Waals surface area contributed by atoms with Crippen molar-refractivity contribution in [2.75, 3.05) is 16.6 Å². The predicted molar refractivity (Wildman–Crippen MR) is 113 cm³/mol. The number of aromatic nitrogens is 1. The monoisotopic (exact) mass is 439 g/mol. The van der Waals surface area contributed by atoms with Crippen LogP contribution in [0.15, 0.2) is 35.1 Å². The highest BCUT2D eigenvalue weighted by molar-refractivity contribution is 7.94. The number of benzene rings is 1. The predicted octanol–water partition coefficient (Wildman–Crippen LogP) is 1.85. The molecule has 1 fully saturated rings. The van der Waals surface area contributed by atoms with E-state index in [0.29, 0.717) is 19.3 Å². The molecule has 1 aliphatic rings. The average Bonchev–Trinajstić information content (AvgIpc) is 3.49. The first-order chi connectivity index (χ1) is 14.1. The van der Waals surface area contributed by atoms with Crippen LogP contribution in [0, 0.1) is 5.82 Å². The Kier molecular flexibility index (Phi) is 6.21. The van der Waals surface area contributed by atoms with Gasteiger partial charge in [-0.25, -0.2) is 12.8 Å². The van der Waals surface area contributed by atoms with Crippen LogP contribution in [0.25, 0.3) is 0 Å². The van der Waals surface area contributed by atoms with Crippen LogP contribution in [-0.2, 0) is 23.5 Å². The van der Waals surface area contributed by atoms with Crippen molar-refractivity contribution < 1.29 is 23.0 Å². The Bertz CT molecular complexity index is 1100. The summed E-state index contributed by atoms with van der Waals surface area (Å²) in [6, 6.07) is 7.18. The van der Waals surface area contributed by atoms with Gasteiger partial charge in [0.2, 0.25) is 10.0 Å². The number of hydrogen-bond acceptors (Lipinski definition) is 6. The number of hydrogen-bond donors (Lipinski definition) is 4. The van der Waals surface area contributed by atoms with Crippen molar-refractivity contribution in [1.29, 1.82) is 0 Å². The molecule has 0 radical (unpaired) electrons. The van der Waals surface area contributed by atoms with Crippen LogP contribution in [0.1, 0.15) is 31.7 Å². The maximum Gasteiger partial charge on any atom is 0.251 e. The van der Waals surface area contributed by atoms with Gasteiger partial charge in [-0.2, -0.15) is 0 Å². The van der Waals surface area contributed by atoms with Gasteiger partial charge in [-0.15, -0.1) is 0 Å². The molecule has 1 aliphatic carbocycles. The van der Waals surface area contributed by atoms with E-state index in [1.165, 1.54) is 35.9 Å². The smallest absolute Gasteiger partial charge is 0.251 e. The molecule has 1 unspecified atom stereocenters.